The van der Waals surface area contributed by atoms with Crippen LogP contribution in [0.4, 0.5) is 0 Å². The highest BCUT2D eigenvalue weighted by Gasteiger charge is 2.42. The fourth-order valence-corrected chi connectivity index (χ4v) is 3.44. The van der Waals surface area contributed by atoms with Gasteiger partial charge in [-0.3, -0.25) is 0 Å². The molecule has 0 saturated heterocycles. The molecule has 1 rings (SSSR count). The summed E-state index contributed by atoms with van der Waals surface area (Å²) in [5.74, 6) is 0. The van der Waals surface area contributed by atoms with Gasteiger partial charge in [-0.2, -0.15) is 0 Å². The van der Waals surface area contributed by atoms with Gasteiger partial charge in [-0.05, 0) is 59.2 Å². The van der Waals surface area contributed by atoms with Crippen molar-refractivity contribution in [3.05, 3.63) is 12.7 Å². The lowest BCUT2D eigenvalue weighted by Crippen LogP contribution is -2.57. The quantitative estimate of drug-likeness (QED) is 0.498. The highest BCUT2D eigenvalue weighted by Crippen LogP contribution is 2.38. The normalized spacial score (nSPS) is 20.2. The number of allylic oxidation sites excluding steroid dienone is 1. The first-order valence-corrected chi connectivity index (χ1v) is 7.69. The molecule has 2 nitrogen and oxygen atoms in total. The second kappa shape index (κ2) is 7.96. The zero-order valence-electron chi connectivity index (χ0n) is 12.7. The van der Waals surface area contributed by atoms with Crippen molar-refractivity contribution in [2.75, 3.05) is 20.6 Å². The summed E-state index contributed by atoms with van der Waals surface area (Å²) in [5, 5.41) is 3.82. The second-order valence-electron chi connectivity index (χ2n) is 5.93. The molecule has 0 heterocycles. The van der Waals surface area contributed by atoms with Gasteiger partial charge in [-0.25, -0.2) is 0 Å². The summed E-state index contributed by atoms with van der Waals surface area (Å²) in [6.07, 6.45) is 12.5. The third-order valence-corrected chi connectivity index (χ3v) is 4.55. The van der Waals surface area contributed by atoms with Crippen molar-refractivity contribution in [1.82, 2.24) is 10.2 Å². The Morgan fingerprint density at radius 2 is 2.00 bits per heavy atom. The first-order valence-electron chi connectivity index (χ1n) is 7.69. The van der Waals surface area contributed by atoms with Gasteiger partial charge >= 0.3 is 0 Å². The van der Waals surface area contributed by atoms with Gasteiger partial charge in [0.25, 0.3) is 0 Å². The lowest BCUT2D eigenvalue weighted by Gasteiger charge is -2.44. The number of hydrogen-bond donors (Lipinski definition) is 1. The number of likely N-dealkylation sites (N-methyl/N-ethyl adjacent to an activating group) is 1. The molecule has 0 aromatic carbocycles. The minimum Gasteiger partial charge on any atom is -0.312 e. The molecule has 1 N–H and O–H groups in total. The highest BCUT2D eigenvalue weighted by molar-refractivity contribution is 5.02. The average molecular weight is 252 g/mol. The molecule has 0 aliphatic heterocycles. The van der Waals surface area contributed by atoms with Crippen molar-refractivity contribution >= 4 is 0 Å². The predicted molar refractivity (Wildman–Crippen MR) is 81.0 cm³/mol. The smallest absolute Gasteiger partial charge is 0.0356 e. The van der Waals surface area contributed by atoms with Crippen molar-refractivity contribution in [2.24, 2.45) is 0 Å². The molecule has 2 heteroatoms. The number of nitrogens with zero attached hydrogens (tertiary/aromatic N) is 1. The first-order chi connectivity index (χ1) is 8.67. The molecule has 1 fully saturated rings. The Hall–Kier alpha value is -0.340. The minimum absolute atomic E-state index is 0.399. The zero-order valence-corrected chi connectivity index (χ0v) is 12.7. The highest BCUT2D eigenvalue weighted by atomic mass is 15.2. The van der Waals surface area contributed by atoms with Crippen LogP contribution in [0.25, 0.3) is 0 Å². The maximum atomic E-state index is 3.84. The molecule has 0 bridgehead atoms. The fraction of sp³-hybridized carbons (Fsp3) is 0.875. The van der Waals surface area contributed by atoms with Gasteiger partial charge in [0.05, 0.1) is 0 Å². The minimum atomic E-state index is 0.399. The number of unbranched alkanes of at least 4 members (excludes halogenated alkanes) is 1. The van der Waals surface area contributed by atoms with Crippen molar-refractivity contribution in [3.63, 3.8) is 0 Å². The largest absolute Gasteiger partial charge is 0.312 e. The molecular weight excluding hydrogens is 220 g/mol. The summed E-state index contributed by atoms with van der Waals surface area (Å²) in [4.78, 5) is 2.49. The molecule has 18 heavy (non-hydrogen) atoms. The number of rotatable bonds is 9. The lowest BCUT2D eigenvalue weighted by molar-refractivity contribution is 0.0989. The van der Waals surface area contributed by atoms with E-state index in [0.717, 1.165) is 13.0 Å². The SMILES string of the molecule is C=CCCCC(NCCC)C1(N(C)C)CCCC1. The van der Waals surface area contributed by atoms with Gasteiger partial charge in [0.15, 0.2) is 0 Å². The Balaban J connectivity index is 2.67. The van der Waals surface area contributed by atoms with E-state index in [2.05, 4.69) is 37.8 Å². The second-order valence-corrected chi connectivity index (χ2v) is 5.93. The Morgan fingerprint density at radius 1 is 1.33 bits per heavy atom. The Morgan fingerprint density at radius 3 is 2.50 bits per heavy atom. The van der Waals surface area contributed by atoms with Crippen LogP contribution in [-0.4, -0.2) is 37.1 Å². The summed E-state index contributed by atoms with van der Waals surface area (Å²) >= 11 is 0. The Kier molecular flexibility index (Phi) is 6.95. The average Bonchev–Trinajstić information content (AvgIpc) is 2.84. The zero-order chi connectivity index (χ0) is 13.4. The number of nitrogens with one attached hydrogen (secondary N) is 1. The fourth-order valence-electron chi connectivity index (χ4n) is 3.44. The molecule has 1 aliphatic rings. The van der Waals surface area contributed by atoms with E-state index < -0.39 is 0 Å². The van der Waals surface area contributed by atoms with Crippen LogP contribution in [-0.2, 0) is 0 Å². The van der Waals surface area contributed by atoms with Crippen LogP contribution in [0.1, 0.15) is 58.3 Å². The van der Waals surface area contributed by atoms with Gasteiger partial charge in [0.1, 0.15) is 0 Å². The van der Waals surface area contributed by atoms with E-state index in [-0.39, 0.29) is 0 Å². The summed E-state index contributed by atoms with van der Waals surface area (Å²) in [6, 6.07) is 0.648. The lowest BCUT2D eigenvalue weighted by atomic mass is 9.83. The molecule has 1 unspecified atom stereocenters. The molecule has 0 amide bonds. The van der Waals surface area contributed by atoms with E-state index in [0.29, 0.717) is 11.6 Å². The van der Waals surface area contributed by atoms with Crippen LogP contribution in [0.5, 0.6) is 0 Å². The van der Waals surface area contributed by atoms with Crippen molar-refractivity contribution in [3.8, 4) is 0 Å². The van der Waals surface area contributed by atoms with Gasteiger partial charge in [-0.15, -0.1) is 6.58 Å². The molecule has 0 spiro atoms. The third kappa shape index (κ3) is 3.83. The van der Waals surface area contributed by atoms with E-state index in [1.165, 1.54) is 44.9 Å². The molecule has 1 atom stereocenters. The number of hydrogen-bond acceptors (Lipinski definition) is 2. The summed E-state index contributed by atoms with van der Waals surface area (Å²) < 4.78 is 0. The van der Waals surface area contributed by atoms with Crippen LogP contribution in [0.15, 0.2) is 12.7 Å². The van der Waals surface area contributed by atoms with Crippen LogP contribution >= 0.6 is 0 Å². The van der Waals surface area contributed by atoms with E-state index in [9.17, 15) is 0 Å². The van der Waals surface area contributed by atoms with E-state index >= 15 is 0 Å². The molecule has 0 aromatic rings. The van der Waals surface area contributed by atoms with Crippen LogP contribution in [0.3, 0.4) is 0 Å². The molecular formula is C16H32N2. The topological polar surface area (TPSA) is 15.3 Å². The maximum absolute atomic E-state index is 3.84. The van der Waals surface area contributed by atoms with Gasteiger partial charge in [-0.1, -0.05) is 25.8 Å². The van der Waals surface area contributed by atoms with Crippen molar-refractivity contribution in [2.45, 2.75) is 69.9 Å². The molecule has 106 valence electrons. The van der Waals surface area contributed by atoms with Crippen molar-refractivity contribution < 1.29 is 0 Å². The van der Waals surface area contributed by atoms with Crippen molar-refractivity contribution in [1.29, 1.82) is 0 Å². The van der Waals surface area contributed by atoms with Crippen LogP contribution < -0.4 is 5.32 Å². The van der Waals surface area contributed by atoms with Crippen LogP contribution in [0, 0.1) is 0 Å². The summed E-state index contributed by atoms with van der Waals surface area (Å²) in [6.45, 7) is 7.24. The Bertz CT molecular complexity index is 229. The predicted octanol–water partition coefficient (Wildman–Crippen LogP) is 3.59. The summed E-state index contributed by atoms with van der Waals surface area (Å²) in [5.41, 5.74) is 0.399. The van der Waals surface area contributed by atoms with Gasteiger partial charge in [0.2, 0.25) is 0 Å². The molecule has 1 saturated carbocycles. The summed E-state index contributed by atoms with van der Waals surface area (Å²) in [7, 11) is 4.53. The Labute approximate surface area is 114 Å². The van der Waals surface area contributed by atoms with Gasteiger partial charge < -0.3 is 10.2 Å². The molecule has 0 radical (unpaired) electrons. The van der Waals surface area contributed by atoms with E-state index in [4.69, 9.17) is 0 Å². The van der Waals surface area contributed by atoms with Gasteiger partial charge in [0, 0.05) is 11.6 Å². The van der Waals surface area contributed by atoms with Crippen LogP contribution in [0.2, 0.25) is 0 Å². The standard InChI is InChI=1S/C16H32N2/c1-5-7-8-11-15(17-14-6-2)16(18(3)4)12-9-10-13-16/h5,15,17H,1,6-14H2,2-4H3. The van der Waals surface area contributed by atoms with E-state index in [1.807, 2.05) is 6.08 Å². The third-order valence-electron chi connectivity index (χ3n) is 4.55. The van der Waals surface area contributed by atoms with E-state index in [1.54, 1.807) is 0 Å². The maximum Gasteiger partial charge on any atom is 0.0356 e. The molecule has 1 aliphatic carbocycles. The monoisotopic (exact) mass is 252 g/mol. The molecule has 0 aromatic heterocycles. The first kappa shape index (κ1) is 15.7.